The summed E-state index contributed by atoms with van der Waals surface area (Å²) in [5.74, 6) is -0.0658. The van der Waals surface area contributed by atoms with Crippen LogP contribution in [0.1, 0.15) is 24.0 Å². The summed E-state index contributed by atoms with van der Waals surface area (Å²) >= 11 is 6.25. The molecule has 1 unspecified atom stereocenters. The fraction of sp³-hybridized carbons (Fsp3) is 0.333. The van der Waals surface area contributed by atoms with E-state index < -0.39 is 0 Å². The summed E-state index contributed by atoms with van der Waals surface area (Å²) in [6, 6.07) is 15.0. The van der Waals surface area contributed by atoms with Gasteiger partial charge < -0.3 is 15.5 Å². The highest BCUT2D eigenvalue weighted by atomic mass is 35.5. The van der Waals surface area contributed by atoms with Crippen LogP contribution in [0.15, 0.2) is 48.5 Å². The van der Waals surface area contributed by atoms with Crippen molar-refractivity contribution < 1.29 is 9.59 Å². The second-order valence-electron chi connectivity index (χ2n) is 6.86. The number of amides is 3. The van der Waals surface area contributed by atoms with Gasteiger partial charge in [0.1, 0.15) is 0 Å². The molecule has 1 atom stereocenters. The molecule has 6 heteroatoms. The van der Waals surface area contributed by atoms with Gasteiger partial charge in [0.25, 0.3) is 0 Å². The van der Waals surface area contributed by atoms with Gasteiger partial charge >= 0.3 is 6.03 Å². The Hall–Kier alpha value is -2.53. The lowest BCUT2D eigenvalue weighted by Crippen LogP contribution is -2.44. The van der Waals surface area contributed by atoms with E-state index in [0.29, 0.717) is 5.69 Å². The molecule has 0 bridgehead atoms. The summed E-state index contributed by atoms with van der Waals surface area (Å²) < 4.78 is 0. The van der Waals surface area contributed by atoms with Crippen LogP contribution in [-0.2, 0) is 11.2 Å². The van der Waals surface area contributed by atoms with Crippen molar-refractivity contribution in [3.05, 3.63) is 64.7 Å². The summed E-state index contributed by atoms with van der Waals surface area (Å²) in [6.07, 6.45) is 2.66. The lowest BCUT2D eigenvalue weighted by molar-refractivity contribution is -0.130. The van der Waals surface area contributed by atoms with E-state index in [1.807, 2.05) is 60.4 Å². The van der Waals surface area contributed by atoms with E-state index in [0.717, 1.165) is 42.0 Å². The molecule has 142 valence electrons. The highest BCUT2D eigenvalue weighted by Gasteiger charge is 2.29. The molecule has 3 amide bonds. The Balaban J connectivity index is 1.52. The molecule has 0 radical (unpaired) electrons. The second-order valence-corrected chi connectivity index (χ2v) is 7.26. The summed E-state index contributed by atoms with van der Waals surface area (Å²) in [5, 5.41) is 6.13. The third kappa shape index (κ3) is 5.23. The summed E-state index contributed by atoms with van der Waals surface area (Å²) in [7, 11) is 0. The molecule has 1 heterocycles. The van der Waals surface area contributed by atoms with E-state index in [9.17, 15) is 9.59 Å². The fourth-order valence-corrected chi connectivity index (χ4v) is 3.66. The van der Waals surface area contributed by atoms with E-state index in [1.54, 1.807) is 0 Å². The van der Waals surface area contributed by atoms with Crippen LogP contribution in [0.4, 0.5) is 10.5 Å². The molecule has 0 spiro atoms. The van der Waals surface area contributed by atoms with Gasteiger partial charge in [-0.15, -0.1) is 0 Å². The number of benzene rings is 2. The molecule has 3 rings (SSSR count). The molecule has 2 N–H and O–H groups in total. The number of hydrogen-bond acceptors (Lipinski definition) is 2. The van der Waals surface area contributed by atoms with Gasteiger partial charge in [-0.2, -0.15) is 0 Å². The predicted molar refractivity (Wildman–Crippen MR) is 108 cm³/mol. The summed E-state index contributed by atoms with van der Waals surface area (Å²) in [4.78, 5) is 26.5. The second kappa shape index (κ2) is 8.91. The van der Waals surface area contributed by atoms with Crippen LogP contribution in [0.3, 0.4) is 0 Å². The lowest BCUT2D eigenvalue weighted by Gasteiger charge is -2.25. The average molecular weight is 386 g/mol. The monoisotopic (exact) mass is 385 g/mol. The highest BCUT2D eigenvalue weighted by molar-refractivity contribution is 6.31. The standard InChI is InChI=1S/C21H24ClN3O2/c1-15-6-4-8-17(12-15)24-21(27)23-14-20(26)25-11-5-9-18(25)13-16-7-2-3-10-19(16)22/h2-4,6-8,10,12,18H,5,9,11,13-14H2,1H3,(H2,23,24,27). The molecule has 0 aliphatic carbocycles. The third-order valence-electron chi connectivity index (χ3n) is 4.79. The number of anilines is 1. The van der Waals surface area contributed by atoms with Crippen LogP contribution in [-0.4, -0.2) is 36.0 Å². The zero-order valence-electron chi connectivity index (χ0n) is 15.4. The van der Waals surface area contributed by atoms with E-state index in [-0.39, 0.29) is 24.5 Å². The number of nitrogens with one attached hydrogen (secondary N) is 2. The Morgan fingerprint density at radius 1 is 1.19 bits per heavy atom. The Morgan fingerprint density at radius 3 is 2.78 bits per heavy atom. The third-order valence-corrected chi connectivity index (χ3v) is 5.16. The minimum absolute atomic E-state index is 0.0172. The summed E-state index contributed by atoms with van der Waals surface area (Å²) in [5.41, 5.74) is 2.81. The van der Waals surface area contributed by atoms with Crippen LogP contribution in [0, 0.1) is 6.92 Å². The molecule has 2 aromatic carbocycles. The number of rotatable bonds is 5. The topological polar surface area (TPSA) is 61.4 Å². The van der Waals surface area contributed by atoms with Gasteiger partial charge in [-0.05, 0) is 55.5 Å². The molecule has 5 nitrogen and oxygen atoms in total. The normalized spacial score (nSPS) is 16.2. The maximum Gasteiger partial charge on any atom is 0.319 e. The Labute approximate surface area is 164 Å². The van der Waals surface area contributed by atoms with Crippen molar-refractivity contribution in [2.24, 2.45) is 0 Å². The zero-order valence-corrected chi connectivity index (χ0v) is 16.1. The number of urea groups is 1. The number of halogens is 1. The van der Waals surface area contributed by atoms with Crippen molar-refractivity contribution in [2.45, 2.75) is 32.2 Å². The van der Waals surface area contributed by atoms with E-state index >= 15 is 0 Å². The molecular weight excluding hydrogens is 362 g/mol. The van der Waals surface area contributed by atoms with E-state index in [4.69, 9.17) is 11.6 Å². The largest absolute Gasteiger partial charge is 0.338 e. The molecule has 2 aromatic rings. The van der Waals surface area contributed by atoms with Crippen LogP contribution >= 0.6 is 11.6 Å². The zero-order chi connectivity index (χ0) is 19.2. The number of carbonyl (C=O) groups is 2. The Kier molecular flexibility index (Phi) is 6.35. The SMILES string of the molecule is Cc1cccc(NC(=O)NCC(=O)N2CCCC2Cc2ccccc2Cl)c1. The predicted octanol–water partition coefficient (Wildman–Crippen LogP) is 4.00. The van der Waals surface area contributed by atoms with Crippen molar-refractivity contribution in [2.75, 3.05) is 18.4 Å². The van der Waals surface area contributed by atoms with Gasteiger partial charge in [0.15, 0.2) is 0 Å². The molecule has 1 aliphatic heterocycles. The minimum atomic E-state index is -0.379. The van der Waals surface area contributed by atoms with Crippen molar-refractivity contribution in [1.82, 2.24) is 10.2 Å². The Morgan fingerprint density at radius 2 is 2.00 bits per heavy atom. The molecule has 1 fully saturated rings. The smallest absolute Gasteiger partial charge is 0.319 e. The minimum Gasteiger partial charge on any atom is -0.338 e. The highest BCUT2D eigenvalue weighted by Crippen LogP contribution is 2.24. The maximum absolute atomic E-state index is 12.6. The van der Waals surface area contributed by atoms with Crippen molar-refractivity contribution in [3.8, 4) is 0 Å². The molecule has 1 saturated heterocycles. The van der Waals surface area contributed by atoms with Crippen molar-refractivity contribution in [3.63, 3.8) is 0 Å². The average Bonchev–Trinajstić information content (AvgIpc) is 3.10. The van der Waals surface area contributed by atoms with Gasteiger partial charge in [0.05, 0.1) is 6.54 Å². The molecule has 27 heavy (non-hydrogen) atoms. The first-order valence-corrected chi connectivity index (χ1v) is 9.55. The number of carbonyl (C=O) groups excluding carboxylic acids is 2. The first-order chi connectivity index (χ1) is 13.0. The first-order valence-electron chi connectivity index (χ1n) is 9.17. The van der Waals surface area contributed by atoms with Crippen molar-refractivity contribution >= 4 is 29.2 Å². The number of aryl methyl sites for hydroxylation is 1. The van der Waals surface area contributed by atoms with Crippen LogP contribution in [0.2, 0.25) is 5.02 Å². The molecule has 0 aromatic heterocycles. The number of likely N-dealkylation sites (tertiary alicyclic amines) is 1. The van der Waals surface area contributed by atoms with Crippen LogP contribution in [0.5, 0.6) is 0 Å². The maximum atomic E-state index is 12.6. The van der Waals surface area contributed by atoms with Gasteiger partial charge in [-0.3, -0.25) is 4.79 Å². The molecular formula is C21H24ClN3O2. The van der Waals surface area contributed by atoms with Gasteiger partial charge in [-0.1, -0.05) is 41.9 Å². The number of hydrogen-bond donors (Lipinski definition) is 2. The van der Waals surface area contributed by atoms with E-state index in [1.165, 1.54) is 0 Å². The van der Waals surface area contributed by atoms with Gasteiger partial charge in [0.2, 0.25) is 5.91 Å². The quantitative estimate of drug-likeness (QED) is 0.817. The van der Waals surface area contributed by atoms with Gasteiger partial charge in [0, 0.05) is 23.3 Å². The summed E-state index contributed by atoms with van der Waals surface area (Å²) in [6.45, 7) is 2.66. The van der Waals surface area contributed by atoms with Crippen LogP contribution < -0.4 is 10.6 Å². The Bertz CT molecular complexity index is 825. The molecule has 1 aliphatic rings. The number of nitrogens with zero attached hydrogens (tertiary/aromatic N) is 1. The van der Waals surface area contributed by atoms with Crippen LogP contribution in [0.25, 0.3) is 0 Å². The lowest BCUT2D eigenvalue weighted by atomic mass is 10.0. The van der Waals surface area contributed by atoms with E-state index in [2.05, 4.69) is 10.6 Å². The van der Waals surface area contributed by atoms with Gasteiger partial charge in [-0.25, -0.2) is 4.79 Å². The molecule has 0 saturated carbocycles. The van der Waals surface area contributed by atoms with Crippen molar-refractivity contribution in [1.29, 1.82) is 0 Å². The first kappa shape index (κ1) is 19.2. The fourth-order valence-electron chi connectivity index (χ4n) is 3.45.